The molecule has 0 radical (unpaired) electrons. The monoisotopic (exact) mass is 310 g/mol. The third kappa shape index (κ3) is 4.45. The van der Waals surface area contributed by atoms with Crippen LogP contribution in [0, 0.1) is 11.8 Å². The molecule has 0 bridgehead atoms. The molecule has 2 amide bonds. The highest BCUT2D eigenvalue weighted by molar-refractivity contribution is 5.88. The molecule has 1 saturated carbocycles. The zero-order valence-corrected chi connectivity index (χ0v) is 13.2. The molecule has 0 aromatic carbocycles. The van der Waals surface area contributed by atoms with Gasteiger partial charge in [-0.25, -0.2) is 0 Å². The van der Waals surface area contributed by atoms with E-state index in [1.165, 1.54) is 0 Å². The van der Waals surface area contributed by atoms with E-state index in [4.69, 9.17) is 5.11 Å². The van der Waals surface area contributed by atoms with Crippen LogP contribution in [0.15, 0.2) is 0 Å². The topological polar surface area (TPSA) is 86.7 Å². The van der Waals surface area contributed by atoms with Crippen molar-refractivity contribution in [2.45, 2.75) is 57.9 Å². The van der Waals surface area contributed by atoms with Gasteiger partial charge in [0.25, 0.3) is 0 Å². The van der Waals surface area contributed by atoms with Gasteiger partial charge in [-0.05, 0) is 38.5 Å². The highest BCUT2D eigenvalue weighted by Crippen LogP contribution is 2.25. The van der Waals surface area contributed by atoms with E-state index in [9.17, 15) is 14.4 Å². The number of rotatable bonds is 5. The second-order valence-corrected chi connectivity index (χ2v) is 6.58. The van der Waals surface area contributed by atoms with E-state index in [1.54, 1.807) is 11.8 Å². The van der Waals surface area contributed by atoms with Crippen LogP contribution in [0.1, 0.15) is 51.9 Å². The van der Waals surface area contributed by atoms with Gasteiger partial charge in [0.15, 0.2) is 0 Å². The number of hydrogen-bond acceptors (Lipinski definition) is 3. The highest BCUT2D eigenvalue weighted by Gasteiger charge is 2.30. The maximum absolute atomic E-state index is 12.4. The summed E-state index contributed by atoms with van der Waals surface area (Å²) in [6.45, 7) is 2.90. The lowest BCUT2D eigenvalue weighted by Crippen LogP contribution is -2.50. The van der Waals surface area contributed by atoms with Crippen molar-refractivity contribution >= 4 is 17.8 Å². The average Bonchev–Trinajstić information content (AvgIpc) is 3.01. The van der Waals surface area contributed by atoms with Crippen LogP contribution in [0.5, 0.6) is 0 Å². The number of hydrogen-bond donors (Lipinski definition) is 2. The molecule has 0 aromatic heterocycles. The molecule has 6 heteroatoms. The van der Waals surface area contributed by atoms with Crippen molar-refractivity contribution in [1.82, 2.24) is 10.2 Å². The van der Waals surface area contributed by atoms with Crippen LogP contribution in [0.2, 0.25) is 0 Å². The van der Waals surface area contributed by atoms with Crippen molar-refractivity contribution in [3.63, 3.8) is 0 Å². The Hall–Kier alpha value is -1.59. The minimum Gasteiger partial charge on any atom is -0.481 e. The lowest BCUT2D eigenvalue weighted by atomic mass is 9.93. The predicted octanol–water partition coefficient (Wildman–Crippen LogP) is 1.39. The van der Waals surface area contributed by atoms with Crippen LogP contribution in [0.25, 0.3) is 0 Å². The predicted molar refractivity (Wildman–Crippen MR) is 81.1 cm³/mol. The number of nitrogens with one attached hydrogen (secondary N) is 1. The fourth-order valence-electron chi connectivity index (χ4n) is 3.46. The molecule has 2 rings (SSSR count). The average molecular weight is 310 g/mol. The molecule has 0 spiro atoms. The van der Waals surface area contributed by atoms with Gasteiger partial charge in [0.1, 0.15) is 6.04 Å². The van der Waals surface area contributed by atoms with Crippen molar-refractivity contribution < 1.29 is 19.5 Å². The van der Waals surface area contributed by atoms with Crippen LogP contribution < -0.4 is 5.32 Å². The molecule has 1 heterocycles. The molecule has 6 nitrogen and oxygen atoms in total. The quantitative estimate of drug-likeness (QED) is 0.803. The summed E-state index contributed by atoms with van der Waals surface area (Å²) >= 11 is 0. The minimum absolute atomic E-state index is 0.000821. The van der Waals surface area contributed by atoms with E-state index in [2.05, 4.69) is 5.32 Å². The third-order valence-electron chi connectivity index (χ3n) is 4.84. The second-order valence-electron chi connectivity index (χ2n) is 6.58. The molecule has 0 aromatic rings. The molecule has 2 N–H and O–H groups in total. The van der Waals surface area contributed by atoms with E-state index >= 15 is 0 Å². The molecule has 1 aliphatic heterocycles. The van der Waals surface area contributed by atoms with Crippen LogP contribution in [0.3, 0.4) is 0 Å². The van der Waals surface area contributed by atoms with Gasteiger partial charge in [0.05, 0.1) is 0 Å². The van der Waals surface area contributed by atoms with Gasteiger partial charge >= 0.3 is 5.97 Å². The zero-order chi connectivity index (χ0) is 16.1. The summed E-state index contributed by atoms with van der Waals surface area (Å²) in [5.74, 6) is -0.609. The molecule has 0 unspecified atom stereocenters. The number of amides is 2. The van der Waals surface area contributed by atoms with Crippen LogP contribution >= 0.6 is 0 Å². The number of aliphatic carboxylic acids is 1. The smallest absolute Gasteiger partial charge is 0.303 e. The first-order chi connectivity index (χ1) is 10.5. The summed E-state index contributed by atoms with van der Waals surface area (Å²) in [6, 6.07) is -0.496. The van der Waals surface area contributed by atoms with E-state index < -0.39 is 12.0 Å². The Bertz CT molecular complexity index is 424. The maximum atomic E-state index is 12.4. The first-order valence-electron chi connectivity index (χ1n) is 8.28. The number of likely N-dealkylation sites (tertiary alicyclic amines) is 1. The van der Waals surface area contributed by atoms with Gasteiger partial charge in [-0.1, -0.05) is 12.8 Å². The highest BCUT2D eigenvalue weighted by atomic mass is 16.4. The summed E-state index contributed by atoms with van der Waals surface area (Å²) < 4.78 is 0. The van der Waals surface area contributed by atoms with Crippen LogP contribution in [0.4, 0.5) is 0 Å². The molecule has 1 atom stereocenters. The zero-order valence-electron chi connectivity index (χ0n) is 13.2. The minimum atomic E-state index is -0.776. The van der Waals surface area contributed by atoms with Crippen LogP contribution in [-0.4, -0.2) is 46.9 Å². The van der Waals surface area contributed by atoms with Crippen molar-refractivity contribution in [2.75, 3.05) is 13.1 Å². The number of carbonyl (C=O) groups excluding carboxylic acids is 2. The molecule has 1 saturated heterocycles. The maximum Gasteiger partial charge on any atom is 0.303 e. The van der Waals surface area contributed by atoms with Crippen molar-refractivity contribution in [1.29, 1.82) is 0 Å². The van der Waals surface area contributed by atoms with E-state index in [0.717, 1.165) is 38.5 Å². The number of piperidine rings is 1. The van der Waals surface area contributed by atoms with Gasteiger partial charge in [0, 0.05) is 25.4 Å². The molecule has 22 heavy (non-hydrogen) atoms. The summed E-state index contributed by atoms with van der Waals surface area (Å²) in [4.78, 5) is 36.9. The molecule has 1 aliphatic carbocycles. The Morgan fingerprint density at radius 1 is 1.14 bits per heavy atom. The molecule has 124 valence electrons. The largest absolute Gasteiger partial charge is 0.481 e. The van der Waals surface area contributed by atoms with Crippen molar-refractivity contribution in [3.8, 4) is 0 Å². The number of carboxylic acids is 1. The SMILES string of the molecule is C[C@@H](NC(=O)C1CCCC1)C(=O)N1CCC(CC(=O)O)CC1. The third-order valence-corrected chi connectivity index (χ3v) is 4.84. The van der Waals surface area contributed by atoms with E-state index in [-0.39, 0.29) is 30.1 Å². The number of carboxylic acid groups (broad SMARTS) is 1. The molecule has 2 aliphatic rings. The van der Waals surface area contributed by atoms with Gasteiger partial charge in [-0.15, -0.1) is 0 Å². The molecular weight excluding hydrogens is 284 g/mol. The fraction of sp³-hybridized carbons (Fsp3) is 0.812. The van der Waals surface area contributed by atoms with Crippen molar-refractivity contribution in [2.24, 2.45) is 11.8 Å². The molecule has 2 fully saturated rings. The Morgan fingerprint density at radius 3 is 2.27 bits per heavy atom. The lowest BCUT2D eigenvalue weighted by molar-refractivity contribution is -0.140. The fourth-order valence-corrected chi connectivity index (χ4v) is 3.46. The summed E-state index contributed by atoms with van der Waals surface area (Å²) in [5, 5.41) is 11.6. The standard InChI is InChI=1S/C16H26N2O4/c1-11(17-15(21)13-4-2-3-5-13)16(22)18-8-6-12(7-9-18)10-14(19)20/h11-13H,2-10H2,1H3,(H,17,21)(H,19,20)/t11-/m1/s1. The normalized spacial score (nSPS) is 21.6. The summed E-state index contributed by atoms with van der Waals surface area (Å²) in [6.07, 6.45) is 5.66. The van der Waals surface area contributed by atoms with Gasteiger partial charge in [-0.2, -0.15) is 0 Å². The van der Waals surface area contributed by atoms with Gasteiger partial charge in [0.2, 0.25) is 11.8 Å². The lowest BCUT2D eigenvalue weighted by Gasteiger charge is -2.33. The Labute approximate surface area is 131 Å². The summed E-state index contributed by atoms with van der Waals surface area (Å²) in [5.41, 5.74) is 0. The Morgan fingerprint density at radius 2 is 1.73 bits per heavy atom. The summed E-state index contributed by atoms with van der Waals surface area (Å²) in [7, 11) is 0. The van der Waals surface area contributed by atoms with Crippen molar-refractivity contribution in [3.05, 3.63) is 0 Å². The molecular formula is C16H26N2O4. The number of carbonyl (C=O) groups is 3. The second kappa shape index (κ2) is 7.61. The Kier molecular flexibility index (Phi) is 5.80. The van der Waals surface area contributed by atoms with Gasteiger partial charge < -0.3 is 15.3 Å². The van der Waals surface area contributed by atoms with E-state index in [1.807, 2.05) is 0 Å². The van der Waals surface area contributed by atoms with Crippen LogP contribution in [-0.2, 0) is 14.4 Å². The van der Waals surface area contributed by atoms with E-state index in [0.29, 0.717) is 13.1 Å². The first-order valence-corrected chi connectivity index (χ1v) is 8.28. The van der Waals surface area contributed by atoms with Gasteiger partial charge in [-0.3, -0.25) is 14.4 Å². The number of nitrogens with zero attached hydrogens (tertiary/aromatic N) is 1. The Balaban J connectivity index is 1.76. The first kappa shape index (κ1) is 16.8.